The van der Waals surface area contributed by atoms with Gasteiger partial charge in [0.1, 0.15) is 0 Å². The Balaban J connectivity index is 1.66. The standard InChI is InChI=1S/C15H24N4O2S/c1-11(2)9-19-7-8-21-14-4-6-18(5-3-13(14)19)15(20)12-10-22-17-16-12/h10-11,13-14H,3-9H2,1-2H3/t13-,14+/m1/s1. The number of hydrogen-bond donors (Lipinski definition) is 0. The van der Waals surface area contributed by atoms with Gasteiger partial charge in [0.25, 0.3) is 5.91 Å². The van der Waals surface area contributed by atoms with Crippen LogP contribution in [0, 0.1) is 5.92 Å². The van der Waals surface area contributed by atoms with Crippen LogP contribution in [0.2, 0.25) is 0 Å². The highest BCUT2D eigenvalue weighted by atomic mass is 32.1. The van der Waals surface area contributed by atoms with Crippen molar-refractivity contribution in [3.63, 3.8) is 0 Å². The summed E-state index contributed by atoms with van der Waals surface area (Å²) < 4.78 is 9.78. The first-order chi connectivity index (χ1) is 10.6. The average molecular weight is 324 g/mol. The number of ether oxygens (including phenoxy) is 1. The molecule has 2 aliphatic rings. The normalized spacial score (nSPS) is 26.8. The number of fused-ring (bicyclic) bond motifs is 1. The Kier molecular flexibility index (Phi) is 5.05. The van der Waals surface area contributed by atoms with Crippen LogP contribution in [0.4, 0.5) is 0 Å². The first kappa shape index (κ1) is 15.8. The topological polar surface area (TPSA) is 58.6 Å². The molecule has 0 unspecified atom stereocenters. The lowest BCUT2D eigenvalue weighted by Crippen LogP contribution is -2.52. The number of nitrogens with zero attached hydrogens (tertiary/aromatic N) is 4. The minimum atomic E-state index is 0.00260. The molecule has 1 amide bonds. The lowest BCUT2D eigenvalue weighted by atomic mass is 10.0. The van der Waals surface area contributed by atoms with Gasteiger partial charge in [0.15, 0.2) is 5.69 Å². The first-order valence-electron chi connectivity index (χ1n) is 8.07. The Morgan fingerprint density at radius 3 is 2.95 bits per heavy atom. The number of carbonyl (C=O) groups excluding carboxylic acids is 1. The van der Waals surface area contributed by atoms with Crippen molar-refractivity contribution in [2.45, 2.75) is 38.8 Å². The van der Waals surface area contributed by atoms with E-state index in [1.165, 1.54) is 11.5 Å². The van der Waals surface area contributed by atoms with Gasteiger partial charge in [0, 0.05) is 37.6 Å². The molecular weight excluding hydrogens is 300 g/mol. The van der Waals surface area contributed by atoms with Gasteiger partial charge in [-0.15, -0.1) is 5.10 Å². The second-order valence-corrected chi connectivity index (χ2v) is 7.13. The maximum Gasteiger partial charge on any atom is 0.275 e. The second-order valence-electron chi connectivity index (χ2n) is 6.53. The molecule has 3 rings (SSSR count). The lowest BCUT2D eigenvalue weighted by molar-refractivity contribution is -0.0745. The van der Waals surface area contributed by atoms with Gasteiger partial charge < -0.3 is 9.64 Å². The summed E-state index contributed by atoms with van der Waals surface area (Å²) in [5.74, 6) is 0.656. The Labute approximate surface area is 135 Å². The highest BCUT2D eigenvalue weighted by Crippen LogP contribution is 2.25. The molecule has 0 N–H and O–H groups in total. The van der Waals surface area contributed by atoms with Crippen molar-refractivity contribution in [2.24, 2.45) is 5.92 Å². The van der Waals surface area contributed by atoms with Gasteiger partial charge in [-0.2, -0.15) is 0 Å². The van der Waals surface area contributed by atoms with Crippen molar-refractivity contribution in [1.82, 2.24) is 19.4 Å². The van der Waals surface area contributed by atoms with Crippen LogP contribution in [-0.4, -0.2) is 70.2 Å². The third-order valence-corrected chi connectivity index (χ3v) is 4.96. The maximum atomic E-state index is 12.5. The quantitative estimate of drug-likeness (QED) is 0.843. The van der Waals surface area contributed by atoms with E-state index in [9.17, 15) is 4.79 Å². The first-order valence-corrected chi connectivity index (χ1v) is 8.91. The molecule has 3 heterocycles. The number of hydrogen-bond acceptors (Lipinski definition) is 6. The number of amides is 1. The van der Waals surface area contributed by atoms with Crippen LogP contribution in [0.5, 0.6) is 0 Å². The van der Waals surface area contributed by atoms with Crippen molar-refractivity contribution in [3.05, 3.63) is 11.1 Å². The van der Waals surface area contributed by atoms with Gasteiger partial charge in [0.05, 0.1) is 12.7 Å². The smallest absolute Gasteiger partial charge is 0.275 e. The molecule has 22 heavy (non-hydrogen) atoms. The molecule has 2 fully saturated rings. The van der Waals surface area contributed by atoms with Crippen LogP contribution in [0.25, 0.3) is 0 Å². The van der Waals surface area contributed by atoms with Gasteiger partial charge in [-0.1, -0.05) is 18.3 Å². The summed E-state index contributed by atoms with van der Waals surface area (Å²) in [6.07, 6.45) is 2.13. The van der Waals surface area contributed by atoms with E-state index in [-0.39, 0.29) is 12.0 Å². The Morgan fingerprint density at radius 1 is 1.41 bits per heavy atom. The molecule has 0 saturated carbocycles. The van der Waals surface area contributed by atoms with E-state index in [0.29, 0.717) is 17.7 Å². The zero-order chi connectivity index (χ0) is 15.5. The van der Waals surface area contributed by atoms with Gasteiger partial charge in [-0.05, 0) is 30.3 Å². The minimum absolute atomic E-state index is 0.00260. The summed E-state index contributed by atoms with van der Waals surface area (Å²) in [7, 11) is 0. The average Bonchev–Trinajstić information content (AvgIpc) is 2.93. The third kappa shape index (κ3) is 3.47. The number of carbonyl (C=O) groups is 1. The van der Waals surface area contributed by atoms with E-state index >= 15 is 0 Å². The Hall–Kier alpha value is -1.05. The summed E-state index contributed by atoms with van der Waals surface area (Å²) in [5, 5.41) is 5.63. The predicted octanol–water partition coefficient (Wildman–Crippen LogP) is 1.50. The largest absolute Gasteiger partial charge is 0.375 e. The van der Waals surface area contributed by atoms with E-state index in [4.69, 9.17) is 4.74 Å². The molecule has 0 aliphatic carbocycles. The molecule has 122 valence electrons. The van der Waals surface area contributed by atoms with Crippen molar-refractivity contribution < 1.29 is 9.53 Å². The molecule has 7 heteroatoms. The molecule has 0 aromatic carbocycles. The van der Waals surface area contributed by atoms with E-state index in [1.54, 1.807) is 5.38 Å². The summed E-state index contributed by atoms with van der Waals surface area (Å²) in [6, 6.07) is 0.433. The van der Waals surface area contributed by atoms with Crippen molar-refractivity contribution >= 4 is 17.4 Å². The number of rotatable bonds is 3. The molecule has 1 aromatic rings. The summed E-state index contributed by atoms with van der Waals surface area (Å²) in [6.45, 7) is 8.94. The van der Waals surface area contributed by atoms with Gasteiger partial charge >= 0.3 is 0 Å². The highest BCUT2D eigenvalue weighted by Gasteiger charge is 2.36. The molecule has 2 aliphatic heterocycles. The lowest BCUT2D eigenvalue weighted by Gasteiger charge is -2.41. The van der Waals surface area contributed by atoms with E-state index in [2.05, 4.69) is 28.3 Å². The third-order valence-electron chi connectivity index (χ3n) is 4.45. The fraction of sp³-hybridized carbons (Fsp3) is 0.800. The number of likely N-dealkylation sites (tertiary alicyclic amines) is 1. The van der Waals surface area contributed by atoms with Crippen LogP contribution in [0.1, 0.15) is 37.2 Å². The minimum Gasteiger partial charge on any atom is -0.375 e. The molecule has 6 nitrogen and oxygen atoms in total. The van der Waals surface area contributed by atoms with Gasteiger partial charge in [-0.25, -0.2) is 0 Å². The van der Waals surface area contributed by atoms with Gasteiger partial charge in [0.2, 0.25) is 0 Å². The maximum absolute atomic E-state index is 12.5. The Bertz CT molecular complexity index is 494. The molecule has 2 atom stereocenters. The van der Waals surface area contributed by atoms with E-state index in [0.717, 1.165) is 45.6 Å². The molecule has 2 saturated heterocycles. The predicted molar refractivity (Wildman–Crippen MR) is 85.0 cm³/mol. The molecule has 1 aromatic heterocycles. The zero-order valence-corrected chi connectivity index (χ0v) is 14.1. The van der Waals surface area contributed by atoms with Crippen molar-refractivity contribution in [3.8, 4) is 0 Å². The Morgan fingerprint density at radius 2 is 2.23 bits per heavy atom. The van der Waals surface area contributed by atoms with E-state index < -0.39 is 0 Å². The zero-order valence-electron chi connectivity index (χ0n) is 13.3. The van der Waals surface area contributed by atoms with E-state index in [1.807, 2.05) is 4.90 Å². The molecule has 0 bridgehead atoms. The number of aromatic nitrogens is 2. The SMILES string of the molecule is CC(C)CN1CCO[C@H]2CCN(C(=O)c3csnn3)CC[C@H]21. The van der Waals surface area contributed by atoms with Crippen LogP contribution in [0.15, 0.2) is 5.38 Å². The van der Waals surface area contributed by atoms with Gasteiger partial charge in [-0.3, -0.25) is 9.69 Å². The van der Waals surface area contributed by atoms with Crippen LogP contribution < -0.4 is 0 Å². The highest BCUT2D eigenvalue weighted by molar-refractivity contribution is 7.03. The van der Waals surface area contributed by atoms with Crippen LogP contribution in [-0.2, 0) is 4.74 Å². The van der Waals surface area contributed by atoms with Crippen LogP contribution in [0.3, 0.4) is 0 Å². The van der Waals surface area contributed by atoms with Crippen molar-refractivity contribution in [1.29, 1.82) is 0 Å². The molecule has 0 spiro atoms. The molecular formula is C15H24N4O2S. The van der Waals surface area contributed by atoms with Crippen LogP contribution >= 0.6 is 11.5 Å². The number of morpholine rings is 1. The fourth-order valence-electron chi connectivity index (χ4n) is 3.48. The summed E-state index contributed by atoms with van der Waals surface area (Å²) in [5.41, 5.74) is 0.467. The summed E-state index contributed by atoms with van der Waals surface area (Å²) in [4.78, 5) is 16.9. The summed E-state index contributed by atoms with van der Waals surface area (Å²) >= 11 is 1.22. The molecule has 0 radical (unpaired) electrons. The fourth-order valence-corrected chi connectivity index (χ4v) is 3.91. The monoisotopic (exact) mass is 324 g/mol. The van der Waals surface area contributed by atoms with Crippen molar-refractivity contribution in [2.75, 3.05) is 32.8 Å². The second kappa shape index (κ2) is 7.02.